The number of rotatable bonds is 9. The fourth-order valence-electron chi connectivity index (χ4n) is 4.82. The Morgan fingerprint density at radius 2 is 1.53 bits per heavy atom. The normalized spacial score (nSPS) is 13.5. The van der Waals surface area contributed by atoms with Gasteiger partial charge in [0.15, 0.2) is 0 Å². The van der Waals surface area contributed by atoms with Gasteiger partial charge in [0.2, 0.25) is 0 Å². The van der Waals surface area contributed by atoms with E-state index in [9.17, 15) is 40.7 Å². The van der Waals surface area contributed by atoms with E-state index in [1.54, 1.807) is 24.3 Å². The predicted octanol–water partition coefficient (Wildman–Crippen LogP) is 8.12. The number of allylic oxidation sites excluding steroid dienone is 2. The molecule has 238 valence electrons. The van der Waals surface area contributed by atoms with Crippen molar-refractivity contribution in [3.05, 3.63) is 101 Å². The first-order chi connectivity index (χ1) is 21.2. The Kier molecular flexibility index (Phi) is 10.2. The van der Waals surface area contributed by atoms with Gasteiger partial charge in [-0.2, -0.15) is 26.3 Å². The molecule has 13 heteroatoms. The zero-order valence-electron chi connectivity index (χ0n) is 23.8. The quantitative estimate of drug-likeness (QED) is 0.207. The van der Waals surface area contributed by atoms with Gasteiger partial charge in [0.1, 0.15) is 0 Å². The number of carbonyl (C=O) groups is 3. The second kappa shape index (κ2) is 13.9. The van der Waals surface area contributed by atoms with Gasteiger partial charge in [0, 0.05) is 17.8 Å². The molecule has 1 aliphatic carbocycles. The molecule has 3 N–H and O–H groups in total. The molecule has 0 aliphatic heterocycles. The van der Waals surface area contributed by atoms with Crippen molar-refractivity contribution in [3.63, 3.8) is 0 Å². The van der Waals surface area contributed by atoms with E-state index in [-0.39, 0.29) is 42.9 Å². The molecule has 45 heavy (non-hydrogen) atoms. The van der Waals surface area contributed by atoms with Crippen LogP contribution in [0.25, 0.3) is 5.57 Å². The number of benzene rings is 3. The second-order valence-corrected chi connectivity index (χ2v) is 10.4. The van der Waals surface area contributed by atoms with Crippen LogP contribution in [0, 0.1) is 0 Å². The van der Waals surface area contributed by atoms with Crippen LogP contribution in [0.15, 0.2) is 72.8 Å². The van der Waals surface area contributed by atoms with E-state index < -0.39 is 47.1 Å². The molecule has 0 unspecified atom stereocenters. The smallest absolute Gasteiger partial charge is 0.418 e. The molecule has 0 atom stereocenters. The molecular formula is C32H29F6N3O4. The largest absolute Gasteiger partial charge is 0.481 e. The summed E-state index contributed by atoms with van der Waals surface area (Å²) in [6.07, 6.45) is -4.25. The first kappa shape index (κ1) is 33.1. The second-order valence-electron chi connectivity index (χ2n) is 10.4. The molecule has 0 fully saturated rings. The number of carboxylic acid groups (broad SMARTS) is 1. The number of hydrogen-bond donors (Lipinski definition) is 3. The van der Waals surface area contributed by atoms with Crippen molar-refractivity contribution in [2.24, 2.45) is 0 Å². The minimum atomic E-state index is -5.05. The SMILES string of the molecule is O=C(O)CCNC(=O)c1ccc(CN(C(=O)Nc2cc(C(F)(F)F)ccc2C(F)(F)F)c2ccc(C3=CCCCC3)cc2)cc1. The topological polar surface area (TPSA) is 98.7 Å². The maximum atomic E-state index is 13.7. The number of hydrogen-bond acceptors (Lipinski definition) is 3. The number of anilines is 2. The molecule has 0 spiro atoms. The highest BCUT2D eigenvalue weighted by molar-refractivity contribution is 6.02. The van der Waals surface area contributed by atoms with Crippen LogP contribution in [-0.2, 0) is 23.7 Å². The first-order valence-electron chi connectivity index (χ1n) is 14.0. The van der Waals surface area contributed by atoms with Gasteiger partial charge >= 0.3 is 24.4 Å². The number of aliphatic carboxylic acids is 1. The van der Waals surface area contributed by atoms with E-state index in [1.165, 1.54) is 24.3 Å². The average Bonchev–Trinajstić information content (AvgIpc) is 2.99. The lowest BCUT2D eigenvalue weighted by Gasteiger charge is -2.25. The molecule has 1 aliphatic rings. The molecule has 3 amide bonds. The molecular weight excluding hydrogens is 604 g/mol. The molecule has 3 aromatic carbocycles. The van der Waals surface area contributed by atoms with Crippen molar-refractivity contribution in [2.75, 3.05) is 16.8 Å². The summed E-state index contributed by atoms with van der Waals surface area (Å²) in [4.78, 5) is 37.6. The minimum absolute atomic E-state index is 0.0911. The first-order valence-corrected chi connectivity index (χ1v) is 14.0. The van der Waals surface area contributed by atoms with Gasteiger partial charge in [-0.15, -0.1) is 0 Å². The summed E-state index contributed by atoms with van der Waals surface area (Å²) in [5, 5.41) is 13.2. The molecule has 7 nitrogen and oxygen atoms in total. The van der Waals surface area contributed by atoms with Crippen molar-refractivity contribution in [2.45, 2.75) is 51.0 Å². The van der Waals surface area contributed by atoms with E-state index in [0.29, 0.717) is 11.6 Å². The average molecular weight is 634 g/mol. The third-order valence-electron chi connectivity index (χ3n) is 7.16. The summed E-state index contributed by atoms with van der Waals surface area (Å²) in [6, 6.07) is 12.3. The number of amides is 3. The van der Waals surface area contributed by atoms with Gasteiger partial charge in [-0.25, -0.2) is 4.79 Å². The van der Waals surface area contributed by atoms with E-state index in [4.69, 9.17) is 5.11 Å². The maximum Gasteiger partial charge on any atom is 0.418 e. The summed E-state index contributed by atoms with van der Waals surface area (Å²) in [5.41, 5.74) is -0.903. The van der Waals surface area contributed by atoms with E-state index in [2.05, 4.69) is 11.4 Å². The van der Waals surface area contributed by atoms with Gasteiger partial charge < -0.3 is 15.7 Å². The number of urea groups is 1. The van der Waals surface area contributed by atoms with Crippen LogP contribution in [0.2, 0.25) is 0 Å². The number of alkyl halides is 6. The minimum Gasteiger partial charge on any atom is -0.481 e. The molecule has 3 aromatic rings. The van der Waals surface area contributed by atoms with Gasteiger partial charge in [0.05, 0.1) is 29.8 Å². The number of nitrogens with zero attached hydrogens (tertiary/aromatic N) is 1. The van der Waals surface area contributed by atoms with Crippen LogP contribution in [0.4, 0.5) is 42.5 Å². The third kappa shape index (κ3) is 8.87. The fraction of sp³-hybridized carbons (Fsp3) is 0.281. The van der Waals surface area contributed by atoms with E-state index in [0.717, 1.165) is 41.7 Å². The van der Waals surface area contributed by atoms with Gasteiger partial charge in [-0.3, -0.25) is 14.5 Å². The van der Waals surface area contributed by atoms with Crippen molar-refractivity contribution < 1.29 is 45.8 Å². The monoisotopic (exact) mass is 633 g/mol. The molecule has 0 saturated heterocycles. The highest BCUT2D eigenvalue weighted by atomic mass is 19.4. The summed E-state index contributed by atoms with van der Waals surface area (Å²) in [6.45, 7) is -0.304. The maximum absolute atomic E-state index is 13.7. The van der Waals surface area contributed by atoms with E-state index in [1.807, 2.05) is 5.32 Å². The van der Waals surface area contributed by atoms with Crippen LogP contribution >= 0.6 is 0 Å². The van der Waals surface area contributed by atoms with Crippen LogP contribution in [0.3, 0.4) is 0 Å². The molecule has 0 aromatic heterocycles. The summed E-state index contributed by atoms with van der Waals surface area (Å²) in [5.74, 6) is -1.62. The van der Waals surface area contributed by atoms with Gasteiger partial charge in [-0.05, 0) is 84.8 Å². The molecule has 0 saturated carbocycles. The van der Waals surface area contributed by atoms with Gasteiger partial charge in [-0.1, -0.05) is 30.3 Å². The molecule has 0 bridgehead atoms. The standard InChI is InChI=1S/C32H29F6N3O4/c33-31(34,35)24-12-15-26(32(36,37)38)27(18-24)40-30(45)41(25-13-10-22(11-14-25)21-4-2-1-3-5-21)19-20-6-8-23(9-7-20)29(44)39-17-16-28(42)43/h4,6-15,18H,1-3,5,16-17,19H2,(H,39,44)(H,40,45)(H,42,43). The van der Waals surface area contributed by atoms with Crippen LogP contribution in [0.5, 0.6) is 0 Å². The zero-order valence-corrected chi connectivity index (χ0v) is 23.8. The summed E-state index contributed by atoms with van der Waals surface area (Å²) < 4.78 is 81.3. The Labute approximate surface area is 254 Å². The summed E-state index contributed by atoms with van der Waals surface area (Å²) >= 11 is 0. The highest BCUT2D eigenvalue weighted by Crippen LogP contribution is 2.39. The van der Waals surface area contributed by atoms with Crippen LogP contribution in [0.1, 0.15) is 64.7 Å². The van der Waals surface area contributed by atoms with Crippen LogP contribution < -0.4 is 15.5 Å². The van der Waals surface area contributed by atoms with E-state index >= 15 is 0 Å². The number of carboxylic acids is 1. The number of nitrogens with one attached hydrogen (secondary N) is 2. The van der Waals surface area contributed by atoms with Crippen molar-refractivity contribution >= 4 is 34.9 Å². The van der Waals surface area contributed by atoms with Crippen molar-refractivity contribution in [1.29, 1.82) is 0 Å². The van der Waals surface area contributed by atoms with Crippen LogP contribution in [-0.4, -0.2) is 29.6 Å². The van der Waals surface area contributed by atoms with Crippen molar-refractivity contribution in [1.82, 2.24) is 5.32 Å². The molecule has 0 heterocycles. The fourth-order valence-corrected chi connectivity index (χ4v) is 4.82. The highest BCUT2D eigenvalue weighted by Gasteiger charge is 2.38. The van der Waals surface area contributed by atoms with Gasteiger partial charge in [0.25, 0.3) is 5.91 Å². The Bertz CT molecular complexity index is 1570. The Morgan fingerprint density at radius 1 is 0.844 bits per heavy atom. The molecule has 0 radical (unpaired) electrons. The number of halogens is 6. The molecule has 4 rings (SSSR count). The Hall–Kier alpha value is -4.81. The Balaban J connectivity index is 1.64. The Morgan fingerprint density at radius 3 is 2.11 bits per heavy atom. The lowest BCUT2D eigenvalue weighted by atomic mass is 9.93. The third-order valence-corrected chi connectivity index (χ3v) is 7.16. The summed E-state index contributed by atoms with van der Waals surface area (Å²) in [7, 11) is 0. The lowest BCUT2D eigenvalue weighted by molar-refractivity contribution is -0.140. The number of carbonyl (C=O) groups excluding carboxylic acids is 2. The predicted molar refractivity (Wildman–Crippen MR) is 156 cm³/mol. The zero-order chi connectivity index (χ0) is 32.8. The van der Waals surface area contributed by atoms with Crippen molar-refractivity contribution in [3.8, 4) is 0 Å². The lowest BCUT2D eigenvalue weighted by Crippen LogP contribution is -2.35.